The number of anilines is 9. The molecule has 13 aromatic rings. The third kappa shape index (κ3) is 31.6. The molecule has 0 saturated heterocycles. The van der Waals surface area contributed by atoms with Crippen molar-refractivity contribution in [2.45, 2.75) is 188 Å². The number of carbonyl (C=O) groups excluding carboxylic acids is 5. The molecule has 0 aliphatic rings. The Morgan fingerprint density at radius 2 is 0.682 bits per heavy atom. The second-order valence-electron chi connectivity index (χ2n) is 36.4. The van der Waals surface area contributed by atoms with E-state index in [9.17, 15) is 54.3 Å². The van der Waals surface area contributed by atoms with E-state index in [4.69, 9.17) is 98.8 Å². The molecule has 47 heteroatoms. The Morgan fingerprint density at radius 3 is 1.03 bits per heavy atom. The summed E-state index contributed by atoms with van der Waals surface area (Å²) in [6, 6.07) is 29.7. The Kier molecular flexibility index (Phi) is 39.8. The Bertz CT molecular complexity index is 6840. The quantitative estimate of drug-likeness (QED) is 0.00866. The van der Waals surface area contributed by atoms with Crippen LogP contribution in [0.25, 0.3) is 55.6 Å². The number of ether oxygens (including phenoxy) is 10. The Hall–Kier alpha value is -16.8. The van der Waals surface area contributed by atoms with Crippen LogP contribution in [0.15, 0.2) is 149 Å². The fourth-order valence-electron chi connectivity index (χ4n) is 14.4. The highest BCUT2D eigenvalue weighted by Crippen LogP contribution is 2.48. The van der Waals surface area contributed by atoms with Crippen molar-refractivity contribution >= 4 is 126 Å². The number of amides is 5. The van der Waals surface area contributed by atoms with E-state index in [2.05, 4.69) is 78.3 Å². The van der Waals surface area contributed by atoms with Crippen LogP contribution in [-0.4, -0.2) is 152 Å². The second-order valence-corrected chi connectivity index (χ2v) is 37.5. The normalized spacial score (nSPS) is 11.0. The molecular weight excluding hydrogens is 2010 g/mol. The number of hydrogen-bond acceptors (Lipinski definition) is 37. The van der Waals surface area contributed by atoms with E-state index < -0.39 is 61.5 Å². The summed E-state index contributed by atoms with van der Waals surface area (Å²) in [5, 5.41) is 66.5. The molecule has 790 valence electrons. The zero-order valence-corrected chi connectivity index (χ0v) is 89.5. The third-order valence-corrected chi connectivity index (χ3v) is 21.4. The van der Waals surface area contributed by atoms with Gasteiger partial charge in [-0.05, 0) is 229 Å². The molecule has 13 rings (SSSR count). The van der Waals surface area contributed by atoms with Gasteiger partial charge in [0.1, 0.15) is 109 Å². The van der Waals surface area contributed by atoms with Gasteiger partial charge < -0.3 is 97.4 Å². The van der Waals surface area contributed by atoms with Gasteiger partial charge in [0, 0.05) is 58.4 Å². The molecule has 11 N–H and O–H groups in total. The van der Waals surface area contributed by atoms with Gasteiger partial charge in [-0.2, -0.15) is 0 Å². The summed E-state index contributed by atoms with van der Waals surface area (Å²) < 4.78 is 80.2. The molecule has 6 aromatic carbocycles. The largest absolute Gasteiger partial charge is 0.496 e. The summed E-state index contributed by atoms with van der Waals surface area (Å²) >= 11 is 9.12. The summed E-state index contributed by atoms with van der Waals surface area (Å²) in [5.41, 5.74) is 28.5. The summed E-state index contributed by atoms with van der Waals surface area (Å²) in [7, 11) is 8.95. The zero-order chi connectivity index (χ0) is 110. The molecule has 0 radical (unpaired) electrons. The minimum absolute atomic E-state index is 0.0138. The number of nitro benzene ring substituents is 3. The van der Waals surface area contributed by atoms with E-state index in [-0.39, 0.29) is 58.2 Å². The number of alkyl halides is 1. The predicted octanol–water partition coefficient (Wildman–Crippen LogP) is 23.3. The molecule has 0 atom stereocenters. The SMILES string of the molecule is COc1cc(N(Cc2ccccn2)C(=O)CCl)c(NC(=O)OC(C)(C)C)cc1-c1c(C)noc1C.COc1cc(N)c(NC(=O)OC(C)(C)C)cc1-c1c(C)noc1C.COc1cc(NCc2ccccn2)c(NC(=O)OC(C)(C)C)cc1-c1c(C)noc1C.COc1cc([N+](=O)[O-])c(N)cc1-c1c(C)noc1C.COc1cc([N+](=O)[O-])c(N)cc1Br.COc1cc([N+](=O)[O-])c(NC(=O)OC(C)(C)C)cc1-c1c(C)noc1C. The van der Waals surface area contributed by atoms with Crippen LogP contribution in [-0.2, 0) is 36.8 Å². The first-order chi connectivity index (χ1) is 69.4. The molecule has 7 aromatic heterocycles. The maximum Gasteiger partial charge on any atom is 0.412 e. The molecule has 0 aliphatic carbocycles. The lowest BCUT2D eigenvalue weighted by Crippen LogP contribution is -2.33. The standard InChI is InChI=1S/C25H29ClN4O5.C23H28N4O4.C17H21N3O6.C17H23N3O4.C12H13N3O4.C7H7BrN2O3/c1-15-23(16(2)35-29-15)18-11-19(28-24(32)34-25(3,4)5)20(12-21(18)33-6)30(22(31)13-26)14-17-9-7-8-10-27-17;1-14-21(15(2)31-27-14)17-11-19(26-22(28)30-23(3,4)5)18(12-20(17)29-6)25-13-16-9-7-8-10-24-16;1-9-15(10(2)26-19-9)11-7-12(18-16(21)25-17(3,4)5)13(20(22)23)8-14(11)24-6;1-9-15(10(2)24-20-9)11-7-13(12(18)8-14(11)22-6)19-16(21)23-17(3,4)5;1-6-12(7(2)19-14-6)8-4-9(13)10(15(16)17)5-11(8)18-3;1-13-7-3-6(10(11)12)5(9)2-4(7)8/h7-12H,13-14H2,1-6H3,(H,28,32);7-12,25H,13H2,1-6H3,(H,26,28);7-8H,1-6H3,(H,18,21);7-8H,18H2,1-6H3,(H,19,21);4-5H,13H2,1-3H3;2-3H,9H2,1H3. The number of rotatable bonds is 25. The molecule has 45 nitrogen and oxygen atoms in total. The average molecular weight is 2130 g/mol. The average Bonchev–Trinajstić information content (AvgIpc) is 1.14. The Balaban J connectivity index is 0.000000221. The van der Waals surface area contributed by atoms with E-state index in [1.807, 2.05) is 91.8 Å². The highest BCUT2D eigenvalue weighted by atomic mass is 79.9. The molecule has 0 unspecified atom stereocenters. The van der Waals surface area contributed by atoms with Gasteiger partial charge in [0.25, 0.3) is 17.1 Å². The van der Waals surface area contributed by atoms with Crippen LogP contribution in [0.3, 0.4) is 0 Å². The maximum atomic E-state index is 13.0. The fraction of sp³-hybridized carbons (Fsp3) is 0.347. The first kappa shape index (κ1) is 116. The molecule has 0 bridgehead atoms. The number of nitro groups is 3. The van der Waals surface area contributed by atoms with E-state index >= 15 is 0 Å². The van der Waals surface area contributed by atoms with Crippen molar-refractivity contribution in [3.8, 4) is 90.1 Å². The first-order valence-electron chi connectivity index (χ1n) is 45.1. The number of hydrogen-bond donors (Lipinski definition) is 8. The van der Waals surface area contributed by atoms with Crippen molar-refractivity contribution in [1.82, 2.24) is 35.8 Å². The number of nitrogens with two attached hydrogens (primary N) is 3. The van der Waals surface area contributed by atoms with E-state index in [0.29, 0.717) is 148 Å². The number of methoxy groups -OCH3 is 6. The summed E-state index contributed by atoms with van der Waals surface area (Å²) in [6.45, 7) is 39.7. The van der Waals surface area contributed by atoms with Gasteiger partial charge >= 0.3 is 24.4 Å². The number of aryl methyl sites for hydroxylation is 10. The van der Waals surface area contributed by atoms with Crippen LogP contribution < -0.4 is 77.1 Å². The second kappa shape index (κ2) is 50.6. The van der Waals surface area contributed by atoms with Gasteiger partial charge in [0.2, 0.25) is 5.91 Å². The van der Waals surface area contributed by atoms with Crippen LogP contribution in [0.5, 0.6) is 34.5 Å². The number of nitrogen functional groups attached to an aromatic ring is 3. The zero-order valence-electron chi connectivity index (χ0n) is 87.2. The summed E-state index contributed by atoms with van der Waals surface area (Å²) in [5.74, 6) is 5.02. The van der Waals surface area contributed by atoms with E-state index in [1.54, 1.807) is 160 Å². The summed E-state index contributed by atoms with van der Waals surface area (Å²) in [6.07, 6.45) is 0.769. The van der Waals surface area contributed by atoms with Crippen LogP contribution in [0.2, 0.25) is 0 Å². The molecule has 0 spiro atoms. The number of benzene rings is 6. The third-order valence-electron chi connectivity index (χ3n) is 20.6. The van der Waals surface area contributed by atoms with Crippen LogP contribution in [0.1, 0.15) is 152 Å². The molecule has 0 fully saturated rings. The maximum absolute atomic E-state index is 13.0. The van der Waals surface area contributed by atoms with Crippen molar-refractivity contribution in [3.63, 3.8) is 0 Å². The van der Waals surface area contributed by atoms with Crippen molar-refractivity contribution in [2.24, 2.45) is 0 Å². The molecule has 0 saturated carbocycles. The van der Waals surface area contributed by atoms with Crippen molar-refractivity contribution in [1.29, 1.82) is 0 Å². The van der Waals surface area contributed by atoms with Gasteiger partial charge in [0.15, 0.2) is 0 Å². The number of nitrogens with zero attached hydrogens (tertiary/aromatic N) is 11. The number of aromatic nitrogens is 7. The lowest BCUT2D eigenvalue weighted by molar-refractivity contribution is -0.384. The van der Waals surface area contributed by atoms with Crippen LogP contribution in [0, 0.1) is 99.6 Å². The fourth-order valence-corrected chi connectivity index (χ4v) is 15.1. The van der Waals surface area contributed by atoms with Crippen molar-refractivity contribution in [3.05, 3.63) is 225 Å². The highest BCUT2D eigenvalue weighted by molar-refractivity contribution is 9.10. The lowest BCUT2D eigenvalue weighted by Gasteiger charge is -2.27. The van der Waals surface area contributed by atoms with E-state index in [0.717, 1.165) is 50.5 Å². The topological polar surface area (TPSA) is 604 Å². The van der Waals surface area contributed by atoms with Crippen molar-refractivity contribution in [2.75, 3.05) is 97.2 Å². The predicted molar refractivity (Wildman–Crippen MR) is 561 cm³/mol. The number of halogens is 2. The molecule has 5 amide bonds. The van der Waals surface area contributed by atoms with E-state index in [1.165, 1.54) is 69.7 Å². The number of nitrogens with one attached hydrogen (secondary N) is 5. The molecule has 7 heterocycles. The van der Waals surface area contributed by atoms with Gasteiger partial charge in [-0.1, -0.05) is 37.9 Å². The highest BCUT2D eigenvalue weighted by Gasteiger charge is 2.33. The Labute approximate surface area is 866 Å². The molecule has 0 aliphatic heterocycles. The minimum Gasteiger partial charge on any atom is -0.496 e. The number of carbonyl (C=O) groups is 5. The van der Waals surface area contributed by atoms with Gasteiger partial charge in [-0.3, -0.25) is 66.4 Å². The summed E-state index contributed by atoms with van der Waals surface area (Å²) in [4.78, 5) is 103. The van der Waals surface area contributed by atoms with Crippen molar-refractivity contribution < 1.29 is 109 Å². The minimum atomic E-state index is -0.796. The lowest BCUT2D eigenvalue weighted by atomic mass is 10.0. The van der Waals surface area contributed by atoms with Crippen LogP contribution in [0.4, 0.5) is 87.4 Å². The number of pyridine rings is 2. The Morgan fingerprint density at radius 1 is 0.378 bits per heavy atom. The van der Waals surface area contributed by atoms with Gasteiger partial charge in [-0.25, -0.2) is 19.2 Å². The van der Waals surface area contributed by atoms with Gasteiger partial charge in [-0.15, -0.1) is 11.6 Å². The van der Waals surface area contributed by atoms with Crippen LogP contribution >= 0.6 is 27.5 Å². The van der Waals surface area contributed by atoms with Gasteiger partial charge in [0.05, 0.1) is 195 Å². The molecule has 148 heavy (non-hydrogen) atoms. The smallest absolute Gasteiger partial charge is 0.412 e. The first-order valence-corrected chi connectivity index (χ1v) is 46.4. The molecular formula is C101H121BrClN19O26. The monoisotopic (exact) mass is 2130 g/mol.